The van der Waals surface area contributed by atoms with Crippen molar-refractivity contribution in [1.82, 2.24) is 5.32 Å². The molecule has 2 atom stereocenters. The van der Waals surface area contributed by atoms with E-state index in [-0.39, 0.29) is 17.9 Å². The Labute approximate surface area is 122 Å². The minimum absolute atomic E-state index is 0.0753. The molecule has 0 aromatic heterocycles. The minimum Gasteiger partial charge on any atom is -0.481 e. The Hall–Kier alpha value is -2.61. The summed E-state index contributed by atoms with van der Waals surface area (Å²) in [6.45, 7) is 0. The first-order chi connectivity index (χ1) is 10.1. The van der Waals surface area contributed by atoms with Crippen molar-refractivity contribution in [3.05, 3.63) is 41.5 Å². The third kappa shape index (κ3) is 4.18. The molecule has 0 aliphatic heterocycles. The van der Waals surface area contributed by atoms with Crippen LogP contribution in [0.4, 0.5) is 0 Å². The van der Waals surface area contributed by atoms with Gasteiger partial charge in [0.05, 0.1) is 17.6 Å². The van der Waals surface area contributed by atoms with E-state index in [0.717, 1.165) is 5.56 Å². The Morgan fingerprint density at radius 2 is 2.19 bits per heavy atom. The van der Waals surface area contributed by atoms with Gasteiger partial charge in [-0.05, 0) is 43.0 Å². The number of nitriles is 1. The molecule has 2 N–H and O–H groups in total. The molecule has 0 spiro atoms. The second kappa shape index (κ2) is 6.71. The number of nitrogens with zero attached hydrogens (tertiary/aromatic N) is 1. The van der Waals surface area contributed by atoms with Crippen LogP contribution < -0.4 is 5.32 Å². The molecule has 108 valence electrons. The van der Waals surface area contributed by atoms with E-state index >= 15 is 0 Å². The highest BCUT2D eigenvalue weighted by Crippen LogP contribution is 2.25. The Balaban J connectivity index is 1.89. The van der Waals surface area contributed by atoms with Gasteiger partial charge in [0.25, 0.3) is 0 Å². The zero-order valence-corrected chi connectivity index (χ0v) is 11.5. The maximum atomic E-state index is 11.8. The van der Waals surface area contributed by atoms with Gasteiger partial charge in [-0.2, -0.15) is 5.26 Å². The second-order valence-electron chi connectivity index (χ2n) is 5.12. The lowest BCUT2D eigenvalue weighted by Gasteiger charge is -2.10. The van der Waals surface area contributed by atoms with Crippen molar-refractivity contribution in [3.8, 4) is 6.07 Å². The third-order valence-corrected chi connectivity index (χ3v) is 3.57. The van der Waals surface area contributed by atoms with Crippen molar-refractivity contribution in [3.63, 3.8) is 0 Å². The average molecular weight is 284 g/mol. The number of amides is 1. The second-order valence-corrected chi connectivity index (χ2v) is 5.12. The van der Waals surface area contributed by atoms with E-state index in [4.69, 9.17) is 10.4 Å². The number of carboxylic acid groups (broad SMARTS) is 1. The number of carbonyl (C=O) groups is 2. The maximum absolute atomic E-state index is 11.8. The van der Waals surface area contributed by atoms with E-state index in [9.17, 15) is 9.59 Å². The van der Waals surface area contributed by atoms with Crippen molar-refractivity contribution >= 4 is 18.0 Å². The van der Waals surface area contributed by atoms with Crippen LogP contribution in [-0.4, -0.2) is 23.0 Å². The summed E-state index contributed by atoms with van der Waals surface area (Å²) >= 11 is 0. The van der Waals surface area contributed by atoms with Crippen LogP contribution in [0.3, 0.4) is 0 Å². The maximum Gasteiger partial charge on any atom is 0.306 e. The van der Waals surface area contributed by atoms with Crippen LogP contribution in [0.2, 0.25) is 0 Å². The van der Waals surface area contributed by atoms with Crippen LogP contribution in [0.1, 0.15) is 30.4 Å². The fourth-order valence-corrected chi connectivity index (χ4v) is 2.47. The Bertz CT molecular complexity index is 616. The van der Waals surface area contributed by atoms with E-state index < -0.39 is 5.97 Å². The van der Waals surface area contributed by atoms with Gasteiger partial charge >= 0.3 is 5.97 Å². The van der Waals surface area contributed by atoms with Gasteiger partial charge < -0.3 is 10.4 Å². The zero-order chi connectivity index (χ0) is 15.2. The van der Waals surface area contributed by atoms with Gasteiger partial charge in [-0.25, -0.2) is 0 Å². The summed E-state index contributed by atoms with van der Waals surface area (Å²) in [6.07, 6.45) is 4.83. The van der Waals surface area contributed by atoms with Gasteiger partial charge in [0.15, 0.2) is 0 Å². The van der Waals surface area contributed by atoms with E-state index in [1.165, 1.54) is 6.08 Å². The third-order valence-electron chi connectivity index (χ3n) is 3.57. The van der Waals surface area contributed by atoms with Crippen molar-refractivity contribution in [2.24, 2.45) is 5.92 Å². The first-order valence-electron chi connectivity index (χ1n) is 6.80. The van der Waals surface area contributed by atoms with Crippen molar-refractivity contribution in [2.75, 3.05) is 0 Å². The summed E-state index contributed by atoms with van der Waals surface area (Å²) in [5.41, 5.74) is 1.32. The molecule has 1 saturated carbocycles. The predicted molar refractivity (Wildman–Crippen MR) is 77.1 cm³/mol. The number of carboxylic acids is 1. The molecule has 21 heavy (non-hydrogen) atoms. The molecular formula is C16H16N2O3. The van der Waals surface area contributed by atoms with Crippen LogP contribution in [0, 0.1) is 17.2 Å². The van der Waals surface area contributed by atoms with Gasteiger partial charge in [0.2, 0.25) is 5.91 Å². The fourth-order valence-electron chi connectivity index (χ4n) is 2.47. The number of carbonyl (C=O) groups excluding carboxylic acids is 1. The van der Waals surface area contributed by atoms with Crippen LogP contribution in [0.15, 0.2) is 30.3 Å². The minimum atomic E-state index is -0.796. The van der Waals surface area contributed by atoms with Gasteiger partial charge in [-0.1, -0.05) is 12.1 Å². The highest BCUT2D eigenvalue weighted by Gasteiger charge is 2.30. The number of benzene rings is 1. The molecule has 1 aromatic rings. The smallest absolute Gasteiger partial charge is 0.306 e. The number of nitrogens with one attached hydrogen (secondary N) is 1. The molecule has 1 aromatic carbocycles. The van der Waals surface area contributed by atoms with Gasteiger partial charge in [0.1, 0.15) is 0 Å². The van der Waals surface area contributed by atoms with Gasteiger partial charge in [-0.15, -0.1) is 0 Å². The molecule has 0 radical (unpaired) electrons. The van der Waals surface area contributed by atoms with Gasteiger partial charge in [-0.3, -0.25) is 9.59 Å². The van der Waals surface area contributed by atoms with E-state index in [2.05, 4.69) is 5.32 Å². The molecule has 2 unspecified atom stereocenters. The lowest BCUT2D eigenvalue weighted by Crippen LogP contribution is -2.31. The molecule has 2 rings (SSSR count). The number of hydrogen-bond acceptors (Lipinski definition) is 3. The topological polar surface area (TPSA) is 90.2 Å². The lowest BCUT2D eigenvalue weighted by molar-refractivity contribution is -0.141. The Kier molecular flexibility index (Phi) is 4.72. The highest BCUT2D eigenvalue weighted by atomic mass is 16.4. The molecule has 1 aliphatic carbocycles. The van der Waals surface area contributed by atoms with Crippen molar-refractivity contribution in [2.45, 2.75) is 25.3 Å². The number of aliphatic carboxylic acids is 1. The van der Waals surface area contributed by atoms with Crippen LogP contribution in [-0.2, 0) is 9.59 Å². The zero-order valence-electron chi connectivity index (χ0n) is 11.5. The molecule has 1 aliphatic rings. The first-order valence-corrected chi connectivity index (χ1v) is 6.80. The van der Waals surface area contributed by atoms with Crippen molar-refractivity contribution < 1.29 is 14.7 Å². The van der Waals surface area contributed by atoms with Crippen LogP contribution in [0.5, 0.6) is 0 Å². The van der Waals surface area contributed by atoms with Crippen molar-refractivity contribution in [1.29, 1.82) is 5.26 Å². The number of hydrogen-bond donors (Lipinski definition) is 2. The molecule has 0 bridgehead atoms. The van der Waals surface area contributed by atoms with E-state index in [1.807, 2.05) is 6.07 Å². The SMILES string of the molecule is N#Cc1cccc(C=CC(=O)NC2CCC(C(=O)O)C2)c1. The molecule has 5 nitrogen and oxygen atoms in total. The Morgan fingerprint density at radius 3 is 2.86 bits per heavy atom. The predicted octanol–water partition coefficient (Wildman–Crippen LogP) is 1.94. The Morgan fingerprint density at radius 1 is 1.38 bits per heavy atom. The summed E-state index contributed by atoms with van der Waals surface area (Å²) in [5, 5.41) is 20.5. The molecule has 5 heteroatoms. The summed E-state index contributed by atoms with van der Waals surface area (Å²) in [4.78, 5) is 22.6. The monoisotopic (exact) mass is 284 g/mol. The quantitative estimate of drug-likeness (QED) is 0.827. The van der Waals surface area contributed by atoms with E-state index in [0.29, 0.717) is 24.8 Å². The summed E-state index contributed by atoms with van der Waals surface area (Å²) in [7, 11) is 0. The largest absolute Gasteiger partial charge is 0.481 e. The average Bonchev–Trinajstić information content (AvgIpc) is 2.94. The molecule has 1 amide bonds. The first kappa shape index (κ1) is 14.8. The molecular weight excluding hydrogens is 268 g/mol. The van der Waals surface area contributed by atoms with Crippen LogP contribution >= 0.6 is 0 Å². The summed E-state index contributed by atoms with van der Waals surface area (Å²) in [6, 6.07) is 8.92. The van der Waals surface area contributed by atoms with Crippen LogP contribution in [0.25, 0.3) is 6.08 Å². The highest BCUT2D eigenvalue weighted by molar-refractivity contribution is 5.92. The van der Waals surface area contributed by atoms with Gasteiger partial charge in [0, 0.05) is 12.1 Å². The molecule has 0 heterocycles. The number of rotatable bonds is 4. The fraction of sp³-hybridized carbons (Fsp3) is 0.312. The molecule has 0 saturated heterocycles. The summed E-state index contributed by atoms with van der Waals surface area (Å²) in [5.74, 6) is -1.39. The van der Waals surface area contributed by atoms with E-state index in [1.54, 1.807) is 30.3 Å². The lowest BCUT2D eigenvalue weighted by atomic mass is 10.1. The summed E-state index contributed by atoms with van der Waals surface area (Å²) < 4.78 is 0. The standard InChI is InChI=1S/C16H16N2O3/c17-10-12-3-1-2-11(8-12)4-7-15(19)18-14-6-5-13(9-14)16(20)21/h1-4,7-8,13-14H,5-6,9H2,(H,18,19)(H,20,21). The molecule has 1 fully saturated rings. The normalized spacial score (nSPS) is 21.1.